The molecule has 1 aliphatic rings. The summed E-state index contributed by atoms with van der Waals surface area (Å²) in [6.07, 6.45) is 0.369. The second-order valence-corrected chi connectivity index (χ2v) is 3.79. The summed E-state index contributed by atoms with van der Waals surface area (Å²) < 4.78 is 13.4. The number of Topliss-reactive ketones (excluding diaryl/α,β-unsaturated/α-hetero) is 1. The number of hydrogen-bond donors (Lipinski definition) is 2. The summed E-state index contributed by atoms with van der Waals surface area (Å²) in [5, 5.41) is 3.63. The zero-order chi connectivity index (χ0) is 17.3. The third-order valence-corrected chi connectivity index (χ3v) is 1.49. The summed E-state index contributed by atoms with van der Waals surface area (Å²) in [6.45, 7) is 6.76. The number of nitrogens with two attached hydrogens (primary N) is 1. The van der Waals surface area contributed by atoms with Crippen LogP contribution < -0.4 is 11.2 Å². The standard InChI is InChI=1S/C6H10O3.C4H6N2O.CH5N.CH3OP/c1-3-9-6(8)4-5(2)7;1-3-2-4(7)6-5-3;1-2;1-3-2/h3-4H2,1-2H3;2H2,1H3,(H,6,7);2H2,1H3;1H3. The molecule has 21 heavy (non-hydrogen) atoms. The maximum absolute atomic E-state index is 10.4. The molecule has 1 heterocycles. The van der Waals surface area contributed by atoms with Crippen molar-refractivity contribution < 1.29 is 23.7 Å². The van der Waals surface area contributed by atoms with Gasteiger partial charge in [-0.05, 0) is 27.8 Å². The Labute approximate surface area is 126 Å². The monoisotopic (exact) mass is 321 g/mol. The topological polar surface area (TPSA) is 128 Å². The van der Waals surface area contributed by atoms with E-state index in [1.165, 1.54) is 14.0 Å². The zero-order valence-electron chi connectivity index (χ0n) is 13.1. The Bertz CT molecular complexity index is 359. The molecule has 1 aliphatic heterocycles. The van der Waals surface area contributed by atoms with Gasteiger partial charge in [-0.25, -0.2) is 5.43 Å². The van der Waals surface area contributed by atoms with Crippen molar-refractivity contribution in [2.24, 2.45) is 10.8 Å². The van der Waals surface area contributed by atoms with Gasteiger partial charge in [0, 0.05) is 12.4 Å². The van der Waals surface area contributed by atoms with Crippen LogP contribution in [0.2, 0.25) is 0 Å². The minimum Gasteiger partial charge on any atom is -0.466 e. The minimum atomic E-state index is -0.440. The highest BCUT2D eigenvalue weighted by Crippen LogP contribution is 1.91. The fraction of sp³-hybridized carbons (Fsp3) is 0.667. The first-order valence-electron chi connectivity index (χ1n) is 6.13. The van der Waals surface area contributed by atoms with Crippen LogP contribution in [0.4, 0.5) is 0 Å². The molecule has 0 saturated heterocycles. The van der Waals surface area contributed by atoms with Crippen molar-refractivity contribution in [3.63, 3.8) is 0 Å². The first-order chi connectivity index (χ1) is 9.87. The van der Waals surface area contributed by atoms with Crippen molar-refractivity contribution in [1.29, 1.82) is 0 Å². The van der Waals surface area contributed by atoms with Gasteiger partial charge in [-0.1, -0.05) is 0 Å². The molecule has 0 aliphatic carbocycles. The van der Waals surface area contributed by atoms with E-state index in [4.69, 9.17) is 4.57 Å². The van der Waals surface area contributed by atoms with Crippen molar-refractivity contribution in [3.05, 3.63) is 0 Å². The molecule has 0 spiro atoms. The molecule has 8 nitrogen and oxygen atoms in total. The predicted octanol–water partition coefficient (Wildman–Crippen LogP) is 0.894. The Hall–Kier alpha value is -1.66. The molecular weight excluding hydrogens is 297 g/mol. The number of esters is 1. The minimum absolute atomic E-state index is 0.00231. The van der Waals surface area contributed by atoms with Gasteiger partial charge < -0.3 is 10.5 Å². The number of rotatable bonds is 3. The number of carbonyl (C=O) groups is 3. The number of hydrogen-bond acceptors (Lipinski definition) is 7. The fourth-order valence-electron chi connectivity index (χ4n) is 0.884. The molecule has 1 amide bonds. The molecule has 0 saturated carbocycles. The molecule has 9 heteroatoms. The number of amides is 1. The van der Waals surface area contributed by atoms with Crippen LogP contribution >= 0.6 is 8.46 Å². The van der Waals surface area contributed by atoms with Gasteiger partial charge in [0.25, 0.3) is 0 Å². The largest absolute Gasteiger partial charge is 0.466 e. The van der Waals surface area contributed by atoms with Crippen molar-refractivity contribution in [2.75, 3.05) is 20.3 Å². The van der Waals surface area contributed by atoms with Crippen LogP contribution in [0.3, 0.4) is 0 Å². The van der Waals surface area contributed by atoms with Gasteiger partial charge in [0.05, 0.1) is 13.0 Å². The van der Waals surface area contributed by atoms with E-state index in [1.54, 1.807) is 13.6 Å². The first kappa shape index (κ1) is 24.4. The van der Waals surface area contributed by atoms with E-state index in [9.17, 15) is 14.4 Å². The Balaban J connectivity index is -0.000000239. The summed E-state index contributed by atoms with van der Waals surface area (Å²) in [5.74, 6) is -0.601. The van der Waals surface area contributed by atoms with Crippen LogP contribution in [0.15, 0.2) is 5.10 Å². The lowest BCUT2D eigenvalue weighted by Gasteiger charge is -1.96. The third-order valence-electron chi connectivity index (χ3n) is 1.49. The summed E-state index contributed by atoms with van der Waals surface area (Å²) in [7, 11) is 1.67. The number of ketones is 1. The molecule has 0 unspecified atom stereocenters. The predicted molar refractivity (Wildman–Crippen MR) is 81.4 cm³/mol. The number of ether oxygens (including phenoxy) is 1. The number of carbonyl (C=O) groups excluding carboxylic acids is 3. The van der Waals surface area contributed by atoms with Crippen LogP contribution in [-0.4, -0.2) is 43.7 Å². The maximum Gasteiger partial charge on any atom is 0.313 e. The third kappa shape index (κ3) is 23.8. The lowest BCUT2D eigenvalue weighted by molar-refractivity contribution is -0.145. The fourth-order valence-corrected chi connectivity index (χ4v) is 0.884. The normalized spacial score (nSPS) is 11.3. The summed E-state index contributed by atoms with van der Waals surface area (Å²) in [4.78, 5) is 30.9. The summed E-state index contributed by atoms with van der Waals surface area (Å²) in [6, 6.07) is 0. The van der Waals surface area contributed by atoms with Crippen molar-refractivity contribution >= 4 is 31.8 Å². The molecule has 0 radical (unpaired) electrons. The Morgan fingerprint density at radius 1 is 1.43 bits per heavy atom. The second-order valence-electron chi connectivity index (χ2n) is 3.43. The summed E-state index contributed by atoms with van der Waals surface area (Å²) in [5.41, 5.74) is 7.68. The van der Waals surface area contributed by atoms with E-state index in [2.05, 4.69) is 21.0 Å². The Morgan fingerprint density at radius 2 is 1.90 bits per heavy atom. The van der Waals surface area contributed by atoms with Crippen LogP contribution in [0.5, 0.6) is 0 Å². The van der Waals surface area contributed by atoms with Crippen LogP contribution in [-0.2, 0) is 23.7 Å². The molecular formula is C12H24N3O5P. The highest BCUT2D eigenvalue weighted by molar-refractivity contribution is 7.22. The van der Waals surface area contributed by atoms with E-state index >= 15 is 0 Å². The molecule has 0 aromatic heterocycles. The van der Waals surface area contributed by atoms with E-state index in [0.717, 1.165) is 5.71 Å². The van der Waals surface area contributed by atoms with E-state index < -0.39 is 5.97 Å². The SMILES string of the molecule is CC1=NNC(=O)C1.CCOC(=O)CC(C)=O.CN.CP=O. The van der Waals surface area contributed by atoms with Gasteiger partial charge in [-0.3, -0.25) is 18.9 Å². The molecule has 0 atom stereocenters. The van der Waals surface area contributed by atoms with E-state index in [-0.39, 0.29) is 26.6 Å². The highest BCUT2D eigenvalue weighted by Gasteiger charge is 2.07. The Morgan fingerprint density at radius 3 is 2.10 bits per heavy atom. The average molecular weight is 321 g/mol. The van der Waals surface area contributed by atoms with Crippen LogP contribution in [0.25, 0.3) is 0 Å². The van der Waals surface area contributed by atoms with Gasteiger partial charge >= 0.3 is 5.97 Å². The van der Waals surface area contributed by atoms with Gasteiger partial charge in [0.2, 0.25) is 5.91 Å². The average Bonchev–Trinajstić information content (AvgIpc) is 2.76. The summed E-state index contributed by atoms with van der Waals surface area (Å²) >= 11 is 0. The molecule has 0 bridgehead atoms. The first-order valence-corrected chi connectivity index (χ1v) is 7.39. The molecule has 0 fully saturated rings. The molecule has 0 aromatic carbocycles. The van der Waals surface area contributed by atoms with Gasteiger partial charge in [-0.15, -0.1) is 0 Å². The van der Waals surface area contributed by atoms with Crippen molar-refractivity contribution in [3.8, 4) is 0 Å². The van der Waals surface area contributed by atoms with Crippen molar-refractivity contribution in [2.45, 2.75) is 33.6 Å². The zero-order valence-corrected chi connectivity index (χ0v) is 14.0. The molecule has 1 rings (SSSR count). The second kappa shape index (κ2) is 18.3. The van der Waals surface area contributed by atoms with Gasteiger partial charge in [0.15, 0.2) is 8.46 Å². The Kier molecular flexibility index (Phi) is 21.3. The molecule has 3 N–H and O–H groups in total. The molecule has 122 valence electrons. The lowest BCUT2D eigenvalue weighted by atomic mass is 10.3. The number of nitrogens with zero attached hydrogens (tertiary/aromatic N) is 1. The van der Waals surface area contributed by atoms with Crippen LogP contribution in [0.1, 0.15) is 33.6 Å². The van der Waals surface area contributed by atoms with E-state index in [0.29, 0.717) is 13.0 Å². The molecule has 0 aromatic rings. The quantitative estimate of drug-likeness (QED) is 0.451. The van der Waals surface area contributed by atoms with Gasteiger partial charge in [0.1, 0.15) is 12.2 Å². The highest BCUT2D eigenvalue weighted by atomic mass is 31.1. The van der Waals surface area contributed by atoms with Gasteiger partial charge in [-0.2, -0.15) is 5.10 Å². The van der Waals surface area contributed by atoms with Crippen LogP contribution in [0, 0.1) is 0 Å². The van der Waals surface area contributed by atoms with Crippen molar-refractivity contribution in [1.82, 2.24) is 5.43 Å². The number of nitrogens with one attached hydrogen (secondary N) is 1. The smallest absolute Gasteiger partial charge is 0.313 e. The van der Waals surface area contributed by atoms with E-state index in [1.807, 2.05) is 6.92 Å². The lowest BCUT2D eigenvalue weighted by Crippen LogP contribution is -2.08. The maximum atomic E-state index is 10.4. The number of hydrazone groups is 1.